The van der Waals surface area contributed by atoms with E-state index in [-0.39, 0.29) is 0 Å². The van der Waals surface area contributed by atoms with Gasteiger partial charge in [-0.25, -0.2) is 11.3 Å². The van der Waals surface area contributed by atoms with Crippen LogP contribution in [0.5, 0.6) is 0 Å². The zero-order valence-electron chi connectivity index (χ0n) is 7.62. The van der Waals surface area contributed by atoms with Gasteiger partial charge in [-0.1, -0.05) is 23.5 Å². The largest absolute Gasteiger partial charge is 0.501 e. The summed E-state index contributed by atoms with van der Waals surface area (Å²) in [4.78, 5) is 2.22. The fourth-order valence-corrected chi connectivity index (χ4v) is 2.56. The van der Waals surface area contributed by atoms with Crippen molar-refractivity contribution in [2.45, 2.75) is 17.8 Å². The van der Waals surface area contributed by atoms with Crippen LogP contribution in [0.3, 0.4) is 0 Å². The lowest BCUT2D eigenvalue weighted by Crippen LogP contribution is -2.64. The van der Waals surface area contributed by atoms with E-state index >= 15 is 0 Å². The molecule has 0 amide bonds. The van der Waals surface area contributed by atoms with Gasteiger partial charge in [0.15, 0.2) is 0 Å². The van der Waals surface area contributed by atoms with Gasteiger partial charge >= 0.3 is 0 Å². The van der Waals surface area contributed by atoms with Crippen LogP contribution in [0.4, 0.5) is 0 Å². The second-order valence-corrected chi connectivity index (χ2v) is 4.69. The summed E-state index contributed by atoms with van der Waals surface area (Å²) in [5, 5.41) is 1.27. The van der Waals surface area contributed by atoms with Crippen LogP contribution in [0.25, 0.3) is 0 Å². The fraction of sp³-hybridized carbons (Fsp3) is 0.714. The van der Waals surface area contributed by atoms with Crippen molar-refractivity contribution in [3.63, 3.8) is 0 Å². The Balaban J connectivity index is 2.09. The number of nitrogens with two attached hydrogens (primary N) is 1. The highest BCUT2D eigenvalue weighted by molar-refractivity contribution is 7.97. The molecule has 14 heavy (non-hydrogen) atoms. The lowest BCUT2D eigenvalue weighted by molar-refractivity contribution is 0.122. The first-order chi connectivity index (χ1) is 6.71. The van der Waals surface area contributed by atoms with Gasteiger partial charge < -0.3 is 4.74 Å². The average Bonchev–Trinajstić information content (AvgIpc) is 2.19. The SMILES string of the molecule is NN1NSCC(Cl)(C2=COCCC2)N1. The zero-order valence-corrected chi connectivity index (χ0v) is 9.20. The van der Waals surface area contributed by atoms with Crippen molar-refractivity contribution in [2.24, 2.45) is 5.84 Å². The highest BCUT2D eigenvalue weighted by Crippen LogP contribution is 2.32. The van der Waals surface area contributed by atoms with Gasteiger partial charge in [0.2, 0.25) is 0 Å². The predicted molar refractivity (Wildman–Crippen MR) is 56.6 cm³/mol. The normalized spacial score (nSPS) is 34.9. The fourth-order valence-electron chi connectivity index (χ4n) is 1.47. The van der Waals surface area contributed by atoms with E-state index in [0.717, 1.165) is 25.0 Å². The Hall–Kier alpha value is 0.0200. The molecule has 0 spiro atoms. The minimum absolute atomic E-state index is 0.620. The molecule has 0 saturated carbocycles. The van der Waals surface area contributed by atoms with Crippen molar-refractivity contribution in [1.29, 1.82) is 0 Å². The Morgan fingerprint density at radius 2 is 2.57 bits per heavy atom. The molecule has 1 saturated heterocycles. The van der Waals surface area contributed by atoms with Gasteiger partial charge in [-0.3, -0.25) is 0 Å². The molecule has 1 atom stereocenters. The van der Waals surface area contributed by atoms with E-state index in [0.29, 0.717) is 5.75 Å². The Labute approximate surface area is 92.0 Å². The molecule has 2 rings (SSSR count). The molecule has 0 aromatic rings. The highest BCUT2D eigenvalue weighted by atomic mass is 35.5. The summed E-state index contributed by atoms with van der Waals surface area (Å²) in [5.41, 5.74) is 4.01. The predicted octanol–water partition coefficient (Wildman–Crippen LogP) is 0.462. The second kappa shape index (κ2) is 4.26. The average molecular weight is 237 g/mol. The van der Waals surface area contributed by atoms with Crippen molar-refractivity contribution in [3.8, 4) is 0 Å². The molecule has 2 aliphatic rings. The molecule has 0 aromatic carbocycles. The van der Waals surface area contributed by atoms with Crippen molar-refractivity contribution in [3.05, 3.63) is 11.8 Å². The summed E-state index contributed by atoms with van der Waals surface area (Å²) < 4.78 is 5.26. The summed E-state index contributed by atoms with van der Waals surface area (Å²) in [5.74, 6) is 6.26. The number of rotatable bonds is 1. The molecule has 4 N–H and O–H groups in total. The lowest BCUT2D eigenvalue weighted by Gasteiger charge is -2.39. The number of ether oxygens (including phenoxy) is 1. The van der Waals surface area contributed by atoms with E-state index in [9.17, 15) is 0 Å². The van der Waals surface area contributed by atoms with Gasteiger partial charge in [-0.05, 0) is 12.8 Å². The van der Waals surface area contributed by atoms with Gasteiger partial charge in [-0.2, -0.15) is 4.83 Å². The first kappa shape index (κ1) is 10.5. The molecule has 0 bridgehead atoms. The molecule has 7 heteroatoms. The number of nitrogens with one attached hydrogen (secondary N) is 2. The van der Waals surface area contributed by atoms with Crippen LogP contribution in [0.2, 0.25) is 0 Å². The third-order valence-electron chi connectivity index (χ3n) is 2.17. The van der Waals surface area contributed by atoms with E-state index in [1.165, 1.54) is 17.2 Å². The Morgan fingerprint density at radius 1 is 1.71 bits per heavy atom. The van der Waals surface area contributed by atoms with Crippen LogP contribution in [0.1, 0.15) is 12.8 Å². The van der Waals surface area contributed by atoms with Gasteiger partial charge in [0, 0.05) is 11.3 Å². The summed E-state index contributed by atoms with van der Waals surface area (Å²) in [7, 11) is 0. The second-order valence-electron chi connectivity index (χ2n) is 3.28. The molecule has 1 unspecified atom stereocenters. The van der Waals surface area contributed by atoms with Crippen molar-refractivity contribution in [1.82, 2.24) is 15.5 Å². The zero-order chi connectivity index (χ0) is 10.0. The smallest absolute Gasteiger partial charge is 0.143 e. The maximum Gasteiger partial charge on any atom is 0.143 e. The van der Waals surface area contributed by atoms with Gasteiger partial charge in [-0.15, -0.1) is 5.23 Å². The van der Waals surface area contributed by atoms with E-state index in [2.05, 4.69) is 10.3 Å². The van der Waals surface area contributed by atoms with Crippen molar-refractivity contribution in [2.75, 3.05) is 12.4 Å². The van der Waals surface area contributed by atoms with Crippen LogP contribution in [0, 0.1) is 0 Å². The van der Waals surface area contributed by atoms with E-state index in [1.807, 2.05) is 0 Å². The Morgan fingerprint density at radius 3 is 3.21 bits per heavy atom. The number of halogens is 1. The monoisotopic (exact) mass is 236 g/mol. The van der Waals surface area contributed by atoms with Gasteiger partial charge in [0.25, 0.3) is 0 Å². The summed E-state index contributed by atoms with van der Waals surface area (Å²) in [6.45, 7) is 0.772. The standard InChI is InChI=1S/C7H13ClN4OS/c8-7(5-14-11-12(9)10-7)6-2-1-3-13-4-6/h4,10-11H,1-3,5,9H2. The Bertz CT molecular complexity index is 252. The maximum absolute atomic E-state index is 6.41. The topological polar surface area (TPSA) is 62.5 Å². The number of alkyl halides is 1. The minimum atomic E-state index is -0.620. The van der Waals surface area contributed by atoms with E-state index < -0.39 is 5.00 Å². The van der Waals surface area contributed by atoms with Crippen LogP contribution in [0.15, 0.2) is 11.8 Å². The molecule has 0 aromatic heterocycles. The van der Waals surface area contributed by atoms with Gasteiger partial charge in [0.1, 0.15) is 5.00 Å². The molecule has 2 aliphatic heterocycles. The quantitative estimate of drug-likeness (QED) is 0.266. The number of hydrogen-bond donors (Lipinski definition) is 3. The Kier molecular flexibility index (Phi) is 3.20. The number of hydrogen-bond acceptors (Lipinski definition) is 6. The molecular formula is C7H13ClN4OS. The third kappa shape index (κ3) is 2.16. The number of nitrogens with zero attached hydrogens (tertiary/aromatic N) is 1. The molecule has 80 valence electrons. The summed E-state index contributed by atoms with van der Waals surface area (Å²) >= 11 is 7.87. The molecule has 2 heterocycles. The van der Waals surface area contributed by atoms with Crippen LogP contribution in [-0.4, -0.2) is 22.6 Å². The third-order valence-corrected chi connectivity index (χ3v) is 3.70. The van der Waals surface area contributed by atoms with Crippen molar-refractivity contribution >= 4 is 23.5 Å². The minimum Gasteiger partial charge on any atom is -0.501 e. The van der Waals surface area contributed by atoms with Crippen LogP contribution >= 0.6 is 23.5 Å². The molecule has 0 aliphatic carbocycles. The van der Waals surface area contributed by atoms with E-state index in [1.54, 1.807) is 6.26 Å². The first-order valence-electron chi connectivity index (χ1n) is 4.41. The summed E-state index contributed by atoms with van der Waals surface area (Å²) in [6.07, 6.45) is 3.69. The summed E-state index contributed by atoms with van der Waals surface area (Å²) in [6, 6.07) is 0. The number of hydrazine groups is 3. The molecule has 1 fully saturated rings. The maximum atomic E-state index is 6.41. The highest BCUT2D eigenvalue weighted by Gasteiger charge is 2.37. The van der Waals surface area contributed by atoms with Crippen LogP contribution in [-0.2, 0) is 4.74 Å². The molecule has 0 radical (unpaired) electrons. The van der Waals surface area contributed by atoms with Crippen LogP contribution < -0.4 is 16.1 Å². The molecular weight excluding hydrogens is 224 g/mol. The first-order valence-corrected chi connectivity index (χ1v) is 5.77. The van der Waals surface area contributed by atoms with Gasteiger partial charge in [0.05, 0.1) is 12.9 Å². The molecule has 5 nitrogen and oxygen atoms in total. The van der Waals surface area contributed by atoms with Crippen molar-refractivity contribution < 1.29 is 4.74 Å². The van der Waals surface area contributed by atoms with E-state index in [4.69, 9.17) is 22.2 Å². The lowest BCUT2D eigenvalue weighted by atomic mass is 10.0.